The lowest BCUT2D eigenvalue weighted by Gasteiger charge is -2.23. The molecule has 1 unspecified atom stereocenters. The first-order valence-electron chi connectivity index (χ1n) is 3.73. The molecule has 0 fully saturated rings. The molecular weight excluding hydrogens is 192 g/mol. The van der Waals surface area contributed by atoms with Crippen LogP contribution in [0.15, 0.2) is 11.3 Å². The van der Waals surface area contributed by atoms with E-state index in [2.05, 4.69) is 0 Å². The third-order valence-electron chi connectivity index (χ3n) is 1.37. The molecule has 13 heavy (non-hydrogen) atoms. The molecule has 76 valence electrons. The SMILES string of the molecule is CC(=O)SC(O)(CO)C(O)=C(C)C. The number of aliphatic hydroxyl groups is 3. The van der Waals surface area contributed by atoms with E-state index in [1.165, 1.54) is 6.92 Å². The molecule has 0 aromatic heterocycles. The van der Waals surface area contributed by atoms with Crippen molar-refractivity contribution < 1.29 is 20.1 Å². The van der Waals surface area contributed by atoms with Crippen molar-refractivity contribution in [1.29, 1.82) is 0 Å². The quantitative estimate of drug-likeness (QED) is 0.470. The number of carbonyl (C=O) groups is 1. The van der Waals surface area contributed by atoms with Crippen molar-refractivity contribution in [2.75, 3.05) is 6.61 Å². The van der Waals surface area contributed by atoms with Gasteiger partial charge in [-0.2, -0.15) is 0 Å². The van der Waals surface area contributed by atoms with Gasteiger partial charge in [0.05, 0.1) is 6.61 Å². The number of thioether (sulfide) groups is 1. The summed E-state index contributed by atoms with van der Waals surface area (Å²) in [5.74, 6) is -0.366. The van der Waals surface area contributed by atoms with E-state index in [9.17, 15) is 15.0 Å². The Bertz CT molecular complexity index is 232. The lowest BCUT2D eigenvalue weighted by Crippen LogP contribution is -2.33. The standard InChI is InChI=1S/C8H14O4S/c1-5(2)7(11)8(12,4-9)13-6(3)10/h9,11-12H,4H2,1-3H3. The highest BCUT2D eigenvalue weighted by Gasteiger charge is 2.34. The summed E-state index contributed by atoms with van der Waals surface area (Å²) in [4.78, 5) is 8.81. The predicted molar refractivity (Wildman–Crippen MR) is 51.3 cm³/mol. The summed E-state index contributed by atoms with van der Waals surface area (Å²) >= 11 is 0.497. The fraction of sp³-hybridized carbons (Fsp3) is 0.625. The Labute approximate surface area is 81.3 Å². The van der Waals surface area contributed by atoms with Crippen LogP contribution in [0.4, 0.5) is 0 Å². The number of allylic oxidation sites excluding steroid dienone is 1. The topological polar surface area (TPSA) is 77.8 Å². The minimum Gasteiger partial charge on any atom is -0.508 e. The summed E-state index contributed by atoms with van der Waals surface area (Å²) in [5.41, 5.74) is 0.463. The van der Waals surface area contributed by atoms with E-state index in [1.54, 1.807) is 13.8 Å². The van der Waals surface area contributed by atoms with Gasteiger partial charge in [0.1, 0.15) is 5.76 Å². The Morgan fingerprint density at radius 3 is 2.08 bits per heavy atom. The van der Waals surface area contributed by atoms with Crippen molar-refractivity contribution >= 4 is 16.9 Å². The molecule has 0 radical (unpaired) electrons. The normalized spacial score (nSPS) is 14.8. The van der Waals surface area contributed by atoms with Crippen LogP contribution in [0.3, 0.4) is 0 Å². The van der Waals surface area contributed by atoms with Crippen molar-refractivity contribution in [3.05, 3.63) is 11.3 Å². The fourth-order valence-electron chi connectivity index (χ4n) is 0.784. The Morgan fingerprint density at radius 2 is 1.85 bits per heavy atom. The second-order valence-electron chi connectivity index (χ2n) is 2.88. The minimum absolute atomic E-state index is 0.366. The van der Waals surface area contributed by atoms with Gasteiger partial charge in [-0.15, -0.1) is 0 Å². The van der Waals surface area contributed by atoms with Crippen molar-refractivity contribution in [3.63, 3.8) is 0 Å². The molecule has 0 aliphatic carbocycles. The zero-order valence-electron chi connectivity index (χ0n) is 7.87. The third kappa shape index (κ3) is 3.38. The van der Waals surface area contributed by atoms with Gasteiger partial charge in [-0.05, 0) is 31.2 Å². The van der Waals surface area contributed by atoms with Crippen LogP contribution in [-0.2, 0) is 4.79 Å². The number of aliphatic hydroxyl groups excluding tert-OH is 2. The summed E-state index contributed by atoms with van der Waals surface area (Å²) in [5, 5.41) is 27.5. The molecule has 0 rings (SSSR count). The highest BCUT2D eigenvalue weighted by molar-refractivity contribution is 8.14. The highest BCUT2D eigenvalue weighted by atomic mass is 32.2. The molecule has 4 nitrogen and oxygen atoms in total. The van der Waals surface area contributed by atoms with Gasteiger partial charge in [0.25, 0.3) is 0 Å². The Hall–Kier alpha value is -0.520. The van der Waals surface area contributed by atoms with Crippen LogP contribution in [0, 0.1) is 0 Å². The molecule has 3 N–H and O–H groups in total. The number of hydrogen-bond donors (Lipinski definition) is 3. The molecule has 0 bridgehead atoms. The van der Waals surface area contributed by atoms with E-state index in [4.69, 9.17) is 5.11 Å². The van der Waals surface area contributed by atoms with Gasteiger partial charge < -0.3 is 15.3 Å². The van der Waals surface area contributed by atoms with Gasteiger partial charge in [0.15, 0.2) is 10.0 Å². The summed E-state index contributed by atoms with van der Waals surface area (Å²) in [6, 6.07) is 0. The number of rotatable bonds is 3. The second kappa shape index (κ2) is 4.64. The summed E-state index contributed by atoms with van der Waals surface area (Å²) in [6.45, 7) is 3.71. The van der Waals surface area contributed by atoms with Gasteiger partial charge in [-0.3, -0.25) is 4.79 Å². The molecule has 0 aromatic carbocycles. The van der Waals surface area contributed by atoms with Crippen molar-refractivity contribution in [3.8, 4) is 0 Å². The van der Waals surface area contributed by atoms with E-state index in [-0.39, 0.29) is 10.9 Å². The van der Waals surface area contributed by atoms with E-state index in [1.807, 2.05) is 0 Å². The van der Waals surface area contributed by atoms with Crippen molar-refractivity contribution in [2.45, 2.75) is 25.7 Å². The molecule has 0 heterocycles. The lowest BCUT2D eigenvalue weighted by atomic mass is 10.2. The lowest BCUT2D eigenvalue weighted by molar-refractivity contribution is -0.109. The first-order chi connectivity index (χ1) is 5.83. The van der Waals surface area contributed by atoms with Crippen LogP contribution in [0.5, 0.6) is 0 Å². The highest BCUT2D eigenvalue weighted by Crippen LogP contribution is 2.30. The molecule has 0 saturated carbocycles. The minimum atomic E-state index is -1.90. The molecule has 0 amide bonds. The van der Waals surface area contributed by atoms with Gasteiger partial charge in [-0.25, -0.2) is 0 Å². The molecule has 0 spiro atoms. The Balaban J connectivity index is 4.84. The zero-order valence-corrected chi connectivity index (χ0v) is 8.68. The number of carbonyl (C=O) groups excluding carboxylic acids is 1. The maximum absolute atomic E-state index is 10.7. The van der Waals surface area contributed by atoms with Gasteiger partial charge in [-0.1, -0.05) is 0 Å². The first-order valence-corrected chi connectivity index (χ1v) is 4.55. The van der Waals surface area contributed by atoms with Crippen LogP contribution in [0.2, 0.25) is 0 Å². The maximum Gasteiger partial charge on any atom is 0.198 e. The van der Waals surface area contributed by atoms with E-state index < -0.39 is 11.5 Å². The third-order valence-corrected chi connectivity index (χ3v) is 2.32. The summed E-state index contributed by atoms with van der Waals surface area (Å²) in [7, 11) is 0. The van der Waals surface area contributed by atoms with E-state index in [0.29, 0.717) is 17.3 Å². The average molecular weight is 206 g/mol. The van der Waals surface area contributed by atoms with Crippen LogP contribution >= 0.6 is 11.8 Å². The van der Waals surface area contributed by atoms with Gasteiger partial charge in [0, 0.05) is 6.92 Å². The van der Waals surface area contributed by atoms with Crippen LogP contribution in [0.25, 0.3) is 0 Å². The number of hydrogen-bond acceptors (Lipinski definition) is 5. The smallest absolute Gasteiger partial charge is 0.198 e. The van der Waals surface area contributed by atoms with Crippen molar-refractivity contribution in [2.24, 2.45) is 0 Å². The summed E-state index contributed by atoms with van der Waals surface area (Å²) < 4.78 is 0. The summed E-state index contributed by atoms with van der Waals surface area (Å²) in [6.07, 6.45) is 0. The first kappa shape index (κ1) is 12.5. The Morgan fingerprint density at radius 1 is 1.38 bits per heavy atom. The Kier molecular flexibility index (Phi) is 4.46. The van der Waals surface area contributed by atoms with Gasteiger partial charge in [0.2, 0.25) is 0 Å². The van der Waals surface area contributed by atoms with Crippen LogP contribution in [0.1, 0.15) is 20.8 Å². The fourth-order valence-corrected chi connectivity index (χ4v) is 1.62. The zero-order chi connectivity index (χ0) is 10.6. The van der Waals surface area contributed by atoms with E-state index >= 15 is 0 Å². The molecular formula is C8H14O4S. The second-order valence-corrected chi connectivity index (χ2v) is 4.34. The molecule has 0 aliphatic rings. The maximum atomic E-state index is 10.7. The van der Waals surface area contributed by atoms with Gasteiger partial charge >= 0.3 is 0 Å². The average Bonchev–Trinajstić information content (AvgIpc) is 2.01. The monoisotopic (exact) mass is 206 g/mol. The molecule has 5 heteroatoms. The van der Waals surface area contributed by atoms with E-state index in [0.717, 1.165) is 0 Å². The molecule has 0 aromatic rings. The molecule has 0 aliphatic heterocycles. The molecule has 1 atom stereocenters. The largest absolute Gasteiger partial charge is 0.508 e. The molecule has 0 saturated heterocycles. The van der Waals surface area contributed by atoms with Crippen LogP contribution < -0.4 is 0 Å². The predicted octanol–water partition coefficient (Wildman–Crippen LogP) is 0.799. The van der Waals surface area contributed by atoms with Crippen molar-refractivity contribution in [1.82, 2.24) is 0 Å². The van der Waals surface area contributed by atoms with Crippen LogP contribution in [-0.4, -0.2) is 32.0 Å².